The first-order chi connectivity index (χ1) is 8.62. The Morgan fingerprint density at radius 1 is 0.947 bits per heavy atom. The first-order valence-corrected chi connectivity index (χ1v) is 8.88. The molecule has 0 aliphatic carbocycles. The van der Waals surface area contributed by atoms with Crippen molar-refractivity contribution >= 4 is 7.60 Å². The van der Waals surface area contributed by atoms with E-state index in [0.717, 1.165) is 23.9 Å². The van der Waals surface area contributed by atoms with Crippen molar-refractivity contribution in [1.82, 2.24) is 0 Å². The monoisotopic (exact) mass is 298 g/mol. The third-order valence-corrected chi connectivity index (χ3v) is 3.47. The topological polar surface area (TPSA) is 77.8 Å². The van der Waals surface area contributed by atoms with E-state index in [1.54, 1.807) is 0 Å². The van der Waals surface area contributed by atoms with Crippen LogP contribution in [0.25, 0.3) is 0 Å². The van der Waals surface area contributed by atoms with Crippen molar-refractivity contribution in [3.05, 3.63) is 0 Å². The number of unbranched alkanes of at least 4 members (excludes halogenated alkanes) is 5. The summed E-state index contributed by atoms with van der Waals surface area (Å²) in [4.78, 5) is 17.1. The highest BCUT2D eigenvalue weighted by molar-refractivity contribution is 7.51. The van der Waals surface area contributed by atoms with Crippen LogP contribution < -0.4 is 0 Å². The van der Waals surface area contributed by atoms with E-state index in [0.29, 0.717) is 6.42 Å². The van der Waals surface area contributed by atoms with Gasteiger partial charge in [0.25, 0.3) is 0 Å². The molecule has 0 spiro atoms. The predicted molar refractivity (Wildman–Crippen MR) is 80.3 cm³/mol. The van der Waals surface area contributed by atoms with E-state index in [4.69, 9.17) is 14.9 Å². The molecular weight excluding hydrogens is 265 g/mol. The molecule has 0 radical (unpaired) electrons. The first-order valence-electron chi connectivity index (χ1n) is 7.08. The van der Waals surface area contributed by atoms with Crippen LogP contribution in [-0.4, -0.2) is 59.8 Å². The van der Waals surface area contributed by atoms with Crippen LogP contribution in [0.1, 0.15) is 45.4 Å². The maximum Gasteiger partial charge on any atom is 0.325 e. The Morgan fingerprint density at radius 3 is 1.74 bits per heavy atom. The normalized spacial score (nSPS) is 11.9. The van der Waals surface area contributed by atoms with Gasteiger partial charge in [0.15, 0.2) is 0 Å². The van der Waals surface area contributed by atoms with Crippen molar-refractivity contribution in [3.63, 3.8) is 0 Å². The zero-order valence-electron chi connectivity index (χ0n) is 13.0. The maximum absolute atomic E-state index is 10.4. The van der Waals surface area contributed by atoms with Gasteiger partial charge >= 0.3 is 7.60 Å². The Hall–Kier alpha value is 0.0700. The first kappa shape index (κ1) is 21.4. The van der Waals surface area contributed by atoms with Crippen molar-refractivity contribution in [3.8, 4) is 0 Å². The average molecular weight is 298 g/mol. The lowest BCUT2D eigenvalue weighted by atomic mass is 10.1. The molecule has 5 nitrogen and oxygen atoms in total. The highest BCUT2D eigenvalue weighted by Crippen LogP contribution is 2.35. The molecule has 0 atom stereocenters. The lowest BCUT2D eigenvalue weighted by molar-refractivity contribution is -0.870. The summed E-state index contributed by atoms with van der Waals surface area (Å²) in [5.74, 6) is 0. The third kappa shape index (κ3) is 27.3. The zero-order chi connectivity index (χ0) is 15.4. The molecule has 0 unspecified atom stereocenters. The molecule has 0 bridgehead atoms. The lowest BCUT2D eigenvalue weighted by Gasteiger charge is -2.21. The quantitative estimate of drug-likeness (QED) is 0.346. The number of hydrogen-bond acceptors (Lipinski definition) is 2. The fourth-order valence-corrected chi connectivity index (χ4v) is 2.03. The standard InChI is InChI=1S/C8H19O3P.C5H14NO/c1-2-3-4-5-6-7-8-12(9,10)11;1-6(2,3)4-5-7/h2-8H2,1H3,(H2,9,10,11);7H,4-5H2,1-3H3/q;+1. The van der Waals surface area contributed by atoms with Crippen LogP contribution in [0.2, 0.25) is 0 Å². The van der Waals surface area contributed by atoms with E-state index in [2.05, 4.69) is 28.1 Å². The van der Waals surface area contributed by atoms with Gasteiger partial charge in [-0.3, -0.25) is 4.57 Å². The van der Waals surface area contributed by atoms with Gasteiger partial charge in [0.2, 0.25) is 0 Å². The Morgan fingerprint density at radius 2 is 1.42 bits per heavy atom. The smallest absolute Gasteiger partial charge is 0.325 e. The average Bonchev–Trinajstić information content (AvgIpc) is 2.21. The zero-order valence-corrected chi connectivity index (χ0v) is 13.9. The predicted octanol–water partition coefficient (Wildman–Crippen LogP) is 2.21. The Kier molecular flexibility index (Phi) is 13.3. The highest BCUT2D eigenvalue weighted by atomic mass is 31.2. The summed E-state index contributed by atoms with van der Waals surface area (Å²) in [6.45, 7) is 3.26. The van der Waals surface area contributed by atoms with Crippen LogP contribution in [0.4, 0.5) is 0 Å². The summed E-state index contributed by atoms with van der Waals surface area (Å²) < 4.78 is 11.3. The molecule has 0 fully saturated rings. The summed E-state index contributed by atoms with van der Waals surface area (Å²) in [6, 6.07) is 0. The number of hydrogen-bond donors (Lipinski definition) is 3. The minimum absolute atomic E-state index is 0.0547. The maximum atomic E-state index is 10.4. The van der Waals surface area contributed by atoms with Gasteiger partial charge in [-0.1, -0.05) is 39.0 Å². The molecule has 0 aliphatic rings. The van der Waals surface area contributed by atoms with Crippen molar-refractivity contribution in [2.45, 2.75) is 45.4 Å². The lowest BCUT2D eigenvalue weighted by Crippen LogP contribution is -2.36. The van der Waals surface area contributed by atoms with Gasteiger partial charge in [-0.15, -0.1) is 0 Å². The van der Waals surface area contributed by atoms with Gasteiger partial charge in [0.05, 0.1) is 27.7 Å². The van der Waals surface area contributed by atoms with Crippen LogP contribution in [-0.2, 0) is 4.57 Å². The molecule has 0 saturated carbocycles. The van der Waals surface area contributed by atoms with Crippen LogP contribution in [0.3, 0.4) is 0 Å². The number of aliphatic hydroxyl groups is 1. The fourth-order valence-electron chi connectivity index (χ4n) is 1.40. The third-order valence-electron chi connectivity index (χ3n) is 2.57. The summed E-state index contributed by atoms with van der Waals surface area (Å²) in [6.07, 6.45) is 6.40. The van der Waals surface area contributed by atoms with E-state index in [-0.39, 0.29) is 12.8 Å². The van der Waals surface area contributed by atoms with E-state index in [9.17, 15) is 4.57 Å². The molecule has 3 N–H and O–H groups in total. The van der Waals surface area contributed by atoms with Crippen LogP contribution in [0, 0.1) is 0 Å². The van der Waals surface area contributed by atoms with Gasteiger partial charge in [0, 0.05) is 6.16 Å². The molecule has 0 aliphatic heterocycles. The fraction of sp³-hybridized carbons (Fsp3) is 1.00. The van der Waals surface area contributed by atoms with Crippen molar-refractivity contribution in [1.29, 1.82) is 0 Å². The number of likely N-dealkylation sites (N-methyl/N-ethyl adjacent to an activating group) is 1. The molecule has 0 rings (SSSR count). The number of nitrogens with zero attached hydrogens (tertiary/aromatic N) is 1. The molecular formula is C13H33NO4P+. The molecule has 0 amide bonds. The summed E-state index contributed by atoms with van der Waals surface area (Å²) in [5.41, 5.74) is 0. The minimum atomic E-state index is -3.72. The van der Waals surface area contributed by atoms with Gasteiger partial charge < -0.3 is 19.4 Å². The van der Waals surface area contributed by atoms with E-state index < -0.39 is 7.60 Å². The second-order valence-electron chi connectivity index (χ2n) is 5.89. The Balaban J connectivity index is 0. The van der Waals surface area contributed by atoms with Gasteiger partial charge in [-0.2, -0.15) is 0 Å². The highest BCUT2D eigenvalue weighted by Gasteiger charge is 2.10. The van der Waals surface area contributed by atoms with E-state index >= 15 is 0 Å². The molecule has 19 heavy (non-hydrogen) atoms. The van der Waals surface area contributed by atoms with Crippen molar-refractivity contribution in [2.24, 2.45) is 0 Å². The van der Waals surface area contributed by atoms with Gasteiger partial charge in [-0.05, 0) is 6.42 Å². The van der Waals surface area contributed by atoms with Crippen LogP contribution in [0.5, 0.6) is 0 Å². The molecule has 0 aromatic heterocycles. The summed E-state index contributed by atoms with van der Waals surface area (Å²) >= 11 is 0. The van der Waals surface area contributed by atoms with Gasteiger partial charge in [-0.25, -0.2) is 0 Å². The minimum Gasteiger partial charge on any atom is -0.391 e. The van der Waals surface area contributed by atoms with E-state index in [1.165, 1.54) is 19.3 Å². The number of rotatable bonds is 9. The molecule has 0 heterocycles. The molecule has 6 heteroatoms. The summed E-state index contributed by atoms with van der Waals surface area (Å²) in [5, 5.41) is 8.39. The second kappa shape index (κ2) is 11.9. The van der Waals surface area contributed by atoms with Crippen LogP contribution in [0.15, 0.2) is 0 Å². The largest absolute Gasteiger partial charge is 0.391 e. The Bertz CT molecular complexity index is 235. The Labute approximate surface area is 118 Å². The molecule has 0 aromatic rings. The number of aliphatic hydroxyl groups excluding tert-OH is 1. The van der Waals surface area contributed by atoms with Crippen LogP contribution >= 0.6 is 7.60 Å². The molecule has 118 valence electrons. The van der Waals surface area contributed by atoms with Crippen molar-refractivity contribution < 1.29 is 23.9 Å². The number of quaternary nitrogens is 1. The van der Waals surface area contributed by atoms with Crippen molar-refractivity contribution in [2.75, 3.05) is 40.5 Å². The summed E-state index contributed by atoms with van der Waals surface area (Å²) in [7, 11) is 2.43. The SMILES string of the molecule is CCCCCCCCP(=O)(O)O.C[N+](C)(C)CCO. The second-order valence-corrected chi connectivity index (χ2v) is 7.67. The van der Waals surface area contributed by atoms with E-state index in [1.807, 2.05) is 0 Å². The van der Waals surface area contributed by atoms with Gasteiger partial charge in [0.1, 0.15) is 6.54 Å². The molecule has 0 aromatic carbocycles. The molecule has 0 saturated heterocycles.